The first kappa shape index (κ1) is 23.8. The molecule has 178 valence electrons. The summed E-state index contributed by atoms with van der Waals surface area (Å²) in [6, 6.07) is 16.2. The Hall–Kier alpha value is -3.39. The molecule has 0 aliphatic heterocycles. The van der Waals surface area contributed by atoms with Crippen LogP contribution < -0.4 is 10.6 Å². The van der Waals surface area contributed by atoms with Crippen molar-refractivity contribution in [1.29, 1.82) is 0 Å². The molecular formula is C26H29N3O4S. The monoisotopic (exact) mass is 479 g/mol. The molecule has 1 aliphatic rings. The fourth-order valence-corrected chi connectivity index (χ4v) is 5.10. The first-order valence-electron chi connectivity index (χ1n) is 11.6. The van der Waals surface area contributed by atoms with Gasteiger partial charge in [-0.25, -0.2) is 0 Å². The number of amides is 3. The highest BCUT2D eigenvalue weighted by Crippen LogP contribution is 2.28. The molecule has 1 fully saturated rings. The zero-order valence-corrected chi connectivity index (χ0v) is 19.8. The van der Waals surface area contributed by atoms with Crippen LogP contribution in [-0.4, -0.2) is 41.8 Å². The second-order valence-electron chi connectivity index (χ2n) is 8.39. The van der Waals surface area contributed by atoms with Gasteiger partial charge in [0.05, 0.1) is 12.8 Å². The maximum atomic E-state index is 13.5. The Kier molecular flexibility index (Phi) is 8.14. The number of hydrogen-bond donors (Lipinski definition) is 2. The van der Waals surface area contributed by atoms with E-state index in [2.05, 4.69) is 10.6 Å². The number of carbonyl (C=O) groups excluding carboxylic acids is 3. The van der Waals surface area contributed by atoms with Gasteiger partial charge in [-0.1, -0.05) is 49.2 Å². The van der Waals surface area contributed by atoms with Crippen molar-refractivity contribution in [3.63, 3.8) is 0 Å². The molecule has 2 N–H and O–H groups in total. The van der Waals surface area contributed by atoms with Crippen molar-refractivity contribution in [3.05, 3.63) is 82.4 Å². The topological polar surface area (TPSA) is 91.7 Å². The van der Waals surface area contributed by atoms with Crippen LogP contribution in [0.1, 0.15) is 52.7 Å². The fraction of sp³-hybridized carbons (Fsp3) is 0.346. The van der Waals surface area contributed by atoms with E-state index in [4.69, 9.17) is 4.42 Å². The molecule has 8 heteroatoms. The van der Waals surface area contributed by atoms with Gasteiger partial charge in [-0.3, -0.25) is 14.4 Å². The second kappa shape index (κ2) is 11.7. The van der Waals surface area contributed by atoms with E-state index in [0.29, 0.717) is 13.0 Å². The summed E-state index contributed by atoms with van der Waals surface area (Å²) in [4.78, 5) is 41.6. The highest BCUT2D eigenvalue weighted by molar-refractivity contribution is 7.10. The van der Waals surface area contributed by atoms with Crippen LogP contribution in [-0.2, 0) is 16.0 Å². The molecule has 0 spiro atoms. The number of benzene rings is 1. The molecular weight excluding hydrogens is 450 g/mol. The zero-order valence-electron chi connectivity index (χ0n) is 18.9. The molecule has 1 saturated carbocycles. The molecule has 7 nitrogen and oxygen atoms in total. The zero-order chi connectivity index (χ0) is 23.8. The minimum absolute atomic E-state index is 0.136. The van der Waals surface area contributed by atoms with Crippen LogP contribution in [0.5, 0.6) is 0 Å². The average molecular weight is 480 g/mol. The van der Waals surface area contributed by atoms with Crippen molar-refractivity contribution in [1.82, 2.24) is 15.5 Å². The highest BCUT2D eigenvalue weighted by Gasteiger charge is 2.33. The minimum atomic E-state index is -0.752. The van der Waals surface area contributed by atoms with Crippen molar-refractivity contribution >= 4 is 29.1 Å². The summed E-state index contributed by atoms with van der Waals surface area (Å²) in [6.07, 6.45) is 6.12. The molecule has 0 bridgehead atoms. The third-order valence-electron chi connectivity index (χ3n) is 6.02. The van der Waals surface area contributed by atoms with Crippen molar-refractivity contribution in [3.8, 4) is 0 Å². The molecule has 1 unspecified atom stereocenters. The van der Waals surface area contributed by atoms with Gasteiger partial charge in [-0.2, -0.15) is 0 Å². The van der Waals surface area contributed by atoms with Crippen molar-refractivity contribution < 1.29 is 18.8 Å². The molecule has 1 atom stereocenters. The summed E-state index contributed by atoms with van der Waals surface area (Å²) in [5, 5.41) is 7.69. The Morgan fingerprint density at radius 1 is 1.03 bits per heavy atom. The van der Waals surface area contributed by atoms with Gasteiger partial charge in [0, 0.05) is 17.5 Å². The summed E-state index contributed by atoms with van der Waals surface area (Å²) in [5.74, 6) is -0.828. The molecule has 0 radical (unpaired) electrons. The molecule has 4 rings (SSSR count). The number of hydrogen-bond acceptors (Lipinski definition) is 5. The van der Waals surface area contributed by atoms with Gasteiger partial charge in [0.1, 0.15) is 6.04 Å². The van der Waals surface area contributed by atoms with Gasteiger partial charge < -0.3 is 20.0 Å². The molecule has 3 amide bonds. The molecule has 34 heavy (non-hydrogen) atoms. The van der Waals surface area contributed by atoms with Crippen LogP contribution in [0.3, 0.4) is 0 Å². The maximum absolute atomic E-state index is 13.5. The molecule has 3 aromatic rings. The highest BCUT2D eigenvalue weighted by atomic mass is 32.1. The van der Waals surface area contributed by atoms with Crippen LogP contribution in [0, 0.1) is 0 Å². The Morgan fingerprint density at radius 2 is 1.82 bits per heavy atom. The van der Waals surface area contributed by atoms with Gasteiger partial charge in [-0.05, 0) is 48.4 Å². The lowest BCUT2D eigenvalue weighted by Gasteiger charge is -2.31. The Labute approximate surface area is 203 Å². The first-order valence-corrected chi connectivity index (χ1v) is 12.5. The summed E-state index contributed by atoms with van der Waals surface area (Å²) < 4.78 is 5.11. The van der Waals surface area contributed by atoms with E-state index >= 15 is 0 Å². The predicted molar refractivity (Wildman–Crippen MR) is 130 cm³/mol. The molecule has 1 aliphatic carbocycles. The second-order valence-corrected chi connectivity index (χ2v) is 9.37. The summed E-state index contributed by atoms with van der Waals surface area (Å²) in [5.41, 5.74) is 1.07. The van der Waals surface area contributed by atoms with Crippen LogP contribution >= 0.6 is 11.3 Å². The smallest absolute Gasteiger partial charge is 0.287 e. The van der Waals surface area contributed by atoms with E-state index in [1.54, 1.807) is 11.0 Å². The van der Waals surface area contributed by atoms with Crippen molar-refractivity contribution in [2.45, 2.75) is 44.2 Å². The number of carbonyl (C=O) groups is 3. The van der Waals surface area contributed by atoms with Crippen molar-refractivity contribution in [2.75, 3.05) is 13.1 Å². The largest absolute Gasteiger partial charge is 0.459 e. The van der Waals surface area contributed by atoms with Crippen LogP contribution in [0.25, 0.3) is 0 Å². The fourth-order valence-electron chi connectivity index (χ4n) is 4.27. The Morgan fingerprint density at radius 3 is 2.50 bits per heavy atom. The lowest BCUT2D eigenvalue weighted by molar-refractivity contribution is -0.140. The molecule has 2 heterocycles. The third-order valence-corrected chi connectivity index (χ3v) is 6.95. The van der Waals surface area contributed by atoms with Crippen LogP contribution in [0.15, 0.2) is 70.7 Å². The summed E-state index contributed by atoms with van der Waals surface area (Å²) in [7, 11) is 0. The standard InChI is InChI=1S/C26H29N3O4S/c30-23(18-27-25(31)21-12-6-16-33-21)29(15-14-19-8-2-1-3-9-19)24(22-13-7-17-34-22)26(32)28-20-10-4-5-11-20/h1-3,6-9,12-13,16-17,20,24H,4-5,10-11,14-15,18H2,(H,27,31)(H,28,32). The predicted octanol–water partition coefficient (Wildman–Crippen LogP) is 3.94. The quantitative estimate of drug-likeness (QED) is 0.461. The summed E-state index contributed by atoms with van der Waals surface area (Å²) >= 11 is 1.45. The first-order chi connectivity index (χ1) is 16.6. The van der Waals surface area contributed by atoms with Gasteiger partial charge in [0.2, 0.25) is 11.8 Å². The molecule has 2 aromatic heterocycles. The van der Waals surface area contributed by atoms with E-state index < -0.39 is 11.9 Å². The average Bonchev–Trinajstić information content (AvgIpc) is 3.64. The van der Waals surface area contributed by atoms with Crippen LogP contribution in [0.4, 0.5) is 0 Å². The molecule has 0 saturated heterocycles. The van der Waals surface area contributed by atoms with E-state index in [-0.39, 0.29) is 30.2 Å². The Balaban J connectivity index is 1.54. The third kappa shape index (κ3) is 6.14. The number of nitrogens with zero attached hydrogens (tertiary/aromatic N) is 1. The number of thiophene rings is 1. The normalized spacial score (nSPS) is 14.5. The SMILES string of the molecule is O=C(NCC(=O)N(CCc1ccccc1)C(C(=O)NC1CCCC1)c1cccs1)c1ccco1. The van der Waals surface area contributed by atoms with E-state index in [1.165, 1.54) is 23.7 Å². The van der Waals surface area contributed by atoms with Gasteiger partial charge in [0.25, 0.3) is 5.91 Å². The van der Waals surface area contributed by atoms with Gasteiger partial charge in [0.15, 0.2) is 5.76 Å². The van der Waals surface area contributed by atoms with E-state index in [0.717, 1.165) is 36.1 Å². The lowest BCUT2D eigenvalue weighted by Crippen LogP contribution is -2.49. The molecule has 1 aromatic carbocycles. The number of nitrogens with one attached hydrogen (secondary N) is 2. The van der Waals surface area contributed by atoms with Crippen LogP contribution in [0.2, 0.25) is 0 Å². The number of furan rings is 1. The lowest BCUT2D eigenvalue weighted by atomic mass is 10.1. The number of rotatable bonds is 10. The van der Waals surface area contributed by atoms with Gasteiger partial charge >= 0.3 is 0 Å². The van der Waals surface area contributed by atoms with Crippen molar-refractivity contribution in [2.24, 2.45) is 0 Å². The van der Waals surface area contributed by atoms with Gasteiger partial charge in [-0.15, -0.1) is 11.3 Å². The maximum Gasteiger partial charge on any atom is 0.287 e. The summed E-state index contributed by atoms with van der Waals surface area (Å²) in [6.45, 7) is 0.118. The van der Waals surface area contributed by atoms with E-state index in [9.17, 15) is 14.4 Å². The Bertz CT molecular complexity index is 1060. The van der Waals surface area contributed by atoms with E-state index in [1.807, 2.05) is 47.8 Å². The minimum Gasteiger partial charge on any atom is -0.459 e.